The van der Waals surface area contributed by atoms with Gasteiger partial charge in [-0.3, -0.25) is 4.98 Å². The maximum absolute atomic E-state index is 12.0. The predicted molar refractivity (Wildman–Crippen MR) is 64.7 cm³/mol. The summed E-state index contributed by atoms with van der Waals surface area (Å²) in [6, 6.07) is 5.27. The van der Waals surface area contributed by atoms with Gasteiger partial charge < -0.3 is 9.47 Å². The highest BCUT2D eigenvalue weighted by Gasteiger charge is 2.16. The molecule has 1 aromatic carbocycles. The Hall–Kier alpha value is -2.43. The van der Waals surface area contributed by atoms with Crippen LogP contribution in [0.3, 0.4) is 0 Å². The molecule has 0 amide bonds. The number of hydrogen-bond donors (Lipinski definition) is 0. The Balaban J connectivity index is 2.27. The maximum atomic E-state index is 12.0. The van der Waals surface area contributed by atoms with Crippen molar-refractivity contribution < 1.29 is 14.3 Å². The zero-order valence-corrected chi connectivity index (χ0v) is 10.1. The molecule has 0 fully saturated rings. The lowest BCUT2D eigenvalue weighted by molar-refractivity contribution is 0.0723. The number of aromatic nitrogens is 2. The summed E-state index contributed by atoms with van der Waals surface area (Å²) in [5, 5.41) is 0. The minimum absolute atomic E-state index is 0.158. The average molecular weight is 244 g/mol. The van der Waals surface area contributed by atoms with E-state index in [0.29, 0.717) is 11.3 Å². The molecule has 0 aliphatic carbocycles. The zero-order valence-electron chi connectivity index (χ0n) is 10.1. The minimum atomic E-state index is -0.518. The summed E-state index contributed by atoms with van der Waals surface area (Å²) in [4.78, 5) is 19.7. The number of para-hydroxylation sites is 1. The summed E-state index contributed by atoms with van der Waals surface area (Å²) in [5.74, 6) is 0.147. The molecule has 0 aliphatic heterocycles. The Morgan fingerprint density at radius 3 is 2.78 bits per heavy atom. The van der Waals surface area contributed by atoms with E-state index in [1.807, 2.05) is 13.0 Å². The molecule has 1 heterocycles. The van der Waals surface area contributed by atoms with Crippen LogP contribution in [0, 0.1) is 6.92 Å². The number of methoxy groups -OCH3 is 1. The predicted octanol–water partition coefficient (Wildman–Crippen LogP) is 2.01. The van der Waals surface area contributed by atoms with E-state index < -0.39 is 5.97 Å². The average Bonchev–Trinajstić information content (AvgIpc) is 2.39. The summed E-state index contributed by atoms with van der Waals surface area (Å²) in [5.41, 5.74) is 1.23. The van der Waals surface area contributed by atoms with Crippen LogP contribution < -0.4 is 9.47 Å². The SMILES string of the molecule is COc1c(C)cccc1C(=O)Oc1cnccn1. The molecule has 2 aromatic rings. The van der Waals surface area contributed by atoms with E-state index >= 15 is 0 Å². The van der Waals surface area contributed by atoms with E-state index in [1.165, 1.54) is 25.7 Å². The van der Waals surface area contributed by atoms with Crippen molar-refractivity contribution in [3.8, 4) is 11.6 Å². The summed E-state index contributed by atoms with van der Waals surface area (Å²) in [7, 11) is 1.52. The van der Waals surface area contributed by atoms with Gasteiger partial charge in [0.25, 0.3) is 0 Å². The topological polar surface area (TPSA) is 61.3 Å². The third-order valence-electron chi connectivity index (χ3n) is 2.37. The van der Waals surface area contributed by atoms with Crippen LogP contribution in [-0.2, 0) is 0 Å². The second-order valence-corrected chi connectivity index (χ2v) is 3.59. The monoisotopic (exact) mass is 244 g/mol. The Labute approximate surface area is 104 Å². The van der Waals surface area contributed by atoms with Gasteiger partial charge in [0.05, 0.1) is 13.3 Å². The van der Waals surface area contributed by atoms with Crippen LogP contribution in [0.2, 0.25) is 0 Å². The molecular formula is C13H12N2O3. The molecule has 0 unspecified atom stereocenters. The van der Waals surface area contributed by atoms with Crippen molar-refractivity contribution >= 4 is 5.97 Å². The summed E-state index contributed by atoms with van der Waals surface area (Å²) < 4.78 is 10.3. The highest BCUT2D eigenvalue weighted by molar-refractivity contribution is 5.94. The third-order valence-corrected chi connectivity index (χ3v) is 2.37. The second kappa shape index (κ2) is 5.27. The van der Waals surface area contributed by atoms with Crippen LogP contribution in [-0.4, -0.2) is 23.0 Å². The summed E-state index contributed by atoms with van der Waals surface area (Å²) in [6.07, 6.45) is 4.33. The van der Waals surface area contributed by atoms with Crippen LogP contribution in [0.4, 0.5) is 0 Å². The maximum Gasteiger partial charge on any atom is 0.348 e. The smallest absolute Gasteiger partial charge is 0.348 e. The van der Waals surface area contributed by atoms with Crippen LogP contribution in [0.15, 0.2) is 36.8 Å². The van der Waals surface area contributed by atoms with Gasteiger partial charge in [-0.25, -0.2) is 9.78 Å². The molecule has 18 heavy (non-hydrogen) atoms. The summed E-state index contributed by atoms with van der Waals surface area (Å²) >= 11 is 0. The molecule has 5 nitrogen and oxygen atoms in total. The van der Waals surface area contributed by atoms with E-state index in [4.69, 9.17) is 9.47 Å². The number of aryl methyl sites for hydroxylation is 1. The lowest BCUT2D eigenvalue weighted by atomic mass is 10.1. The van der Waals surface area contributed by atoms with Crippen molar-refractivity contribution in [2.75, 3.05) is 7.11 Å². The molecule has 0 spiro atoms. The minimum Gasteiger partial charge on any atom is -0.496 e. The van der Waals surface area contributed by atoms with Crippen molar-refractivity contribution in [1.29, 1.82) is 0 Å². The van der Waals surface area contributed by atoms with Crippen LogP contribution in [0.1, 0.15) is 15.9 Å². The highest BCUT2D eigenvalue weighted by atomic mass is 16.5. The molecule has 2 rings (SSSR count). The first-order chi connectivity index (χ1) is 8.72. The van der Waals surface area contributed by atoms with Crippen LogP contribution >= 0.6 is 0 Å². The first-order valence-electron chi connectivity index (χ1n) is 5.34. The normalized spacial score (nSPS) is 9.89. The van der Waals surface area contributed by atoms with Gasteiger partial charge in [-0.1, -0.05) is 12.1 Å². The molecule has 0 saturated carbocycles. The van der Waals surface area contributed by atoms with Crippen molar-refractivity contribution in [2.24, 2.45) is 0 Å². The molecule has 1 aromatic heterocycles. The van der Waals surface area contributed by atoms with Gasteiger partial charge in [-0.2, -0.15) is 0 Å². The molecule has 92 valence electrons. The lowest BCUT2D eigenvalue weighted by Gasteiger charge is -2.09. The first-order valence-corrected chi connectivity index (χ1v) is 5.34. The number of nitrogens with zero attached hydrogens (tertiary/aromatic N) is 2. The number of ether oxygens (including phenoxy) is 2. The van der Waals surface area contributed by atoms with Gasteiger partial charge in [-0.15, -0.1) is 0 Å². The van der Waals surface area contributed by atoms with Gasteiger partial charge in [0, 0.05) is 12.4 Å². The van der Waals surface area contributed by atoms with E-state index in [0.717, 1.165) is 5.56 Å². The van der Waals surface area contributed by atoms with Crippen molar-refractivity contribution in [3.63, 3.8) is 0 Å². The first kappa shape index (κ1) is 12.0. The van der Waals surface area contributed by atoms with Gasteiger partial charge in [0.2, 0.25) is 5.88 Å². The summed E-state index contributed by atoms with van der Waals surface area (Å²) in [6.45, 7) is 1.86. The van der Waals surface area contributed by atoms with Crippen molar-refractivity contribution in [2.45, 2.75) is 6.92 Å². The fraction of sp³-hybridized carbons (Fsp3) is 0.154. The molecule has 0 saturated heterocycles. The molecule has 0 radical (unpaired) electrons. The number of esters is 1. The van der Waals surface area contributed by atoms with Crippen molar-refractivity contribution in [3.05, 3.63) is 47.9 Å². The Morgan fingerprint density at radius 1 is 1.28 bits per heavy atom. The Kier molecular flexibility index (Phi) is 3.52. The van der Waals surface area contributed by atoms with Gasteiger partial charge in [-0.05, 0) is 18.6 Å². The molecule has 0 bridgehead atoms. The highest BCUT2D eigenvalue weighted by Crippen LogP contribution is 2.23. The zero-order chi connectivity index (χ0) is 13.0. The molecule has 0 N–H and O–H groups in total. The van der Waals surface area contributed by atoms with E-state index in [2.05, 4.69) is 9.97 Å². The lowest BCUT2D eigenvalue weighted by Crippen LogP contribution is -2.11. The second-order valence-electron chi connectivity index (χ2n) is 3.59. The van der Waals surface area contributed by atoms with E-state index in [-0.39, 0.29) is 5.88 Å². The fourth-order valence-corrected chi connectivity index (χ4v) is 1.57. The van der Waals surface area contributed by atoms with Gasteiger partial charge >= 0.3 is 5.97 Å². The number of benzene rings is 1. The van der Waals surface area contributed by atoms with Gasteiger partial charge in [0.1, 0.15) is 11.3 Å². The number of hydrogen-bond acceptors (Lipinski definition) is 5. The van der Waals surface area contributed by atoms with E-state index in [1.54, 1.807) is 12.1 Å². The molecule has 0 aliphatic rings. The van der Waals surface area contributed by atoms with E-state index in [9.17, 15) is 4.79 Å². The molecular weight excluding hydrogens is 232 g/mol. The van der Waals surface area contributed by atoms with Crippen LogP contribution in [0.5, 0.6) is 11.6 Å². The third kappa shape index (κ3) is 2.45. The molecule has 0 atom stereocenters. The van der Waals surface area contributed by atoms with Crippen LogP contribution in [0.25, 0.3) is 0 Å². The number of carbonyl (C=O) groups excluding carboxylic acids is 1. The largest absolute Gasteiger partial charge is 0.496 e. The quantitative estimate of drug-likeness (QED) is 0.773. The fourth-order valence-electron chi connectivity index (χ4n) is 1.57. The number of rotatable bonds is 3. The van der Waals surface area contributed by atoms with Gasteiger partial charge in [0.15, 0.2) is 0 Å². The number of carbonyl (C=O) groups is 1. The van der Waals surface area contributed by atoms with Crippen molar-refractivity contribution in [1.82, 2.24) is 9.97 Å². The Morgan fingerprint density at radius 2 is 2.11 bits per heavy atom. The standard InChI is InChI=1S/C13H12N2O3/c1-9-4-3-5-10(12(9)17-2)13(16)18-11-8-14-6-7-15-11/h3-8H,1-2H3. The Bertz CT molecular complexity index is 555. The molecule has 5 heteroatoms.